The highest BCUT2D eigenvalue weighted by Gasteiger charge is 2.08. The summed E-state index contributed by atoms with van der Waals surface area (Å²) in [4.78, 5) is 15.1. The van der Waals surface area contributed by atoms with Gasteiger partial charge in [0.05, 0.1) is 17.9 Å². The SMILES string of the molecule is CCOc1ccc(CNc2ccncc2C(N)=O)cc1F. The van der Waals surface area contributed by atoms with E-state index < -0.39 is 11.7 Å². The second kappa shape index (κ2) is 6.69. The molecule has 0 aliphatic rings. The maximum absolute atomic E-state index is 13.7. The fraction of sp³-hybridized carbons (Fsp3) is 0.200. The van der Waals surface area contributed by atoms with E-state index in [1.165, 1.54) is 12.3 Å². The van der Waals surface area contributed by atoms with Crippen molar-refractivity contribution in [1.29, 1.82) is 0 Å². The molecule has 0 atom stereocenters. The number of benzene rings is 1. The Morgan fingerprint density at radius 2 is 2.24 bits per heavy atom. The summed E-state index contributed by atoms with van der Waals surface area (Å²) in [6.45, 7) is 2.56. The quantitative estimate of drug-likeness (QED) is 0.855. The molecule has 1 heterocycles. The molecule has 21 heavy (non-hydrogen) atoms. The Hall–Kier alpha value is -2.63. The standard InChI is InChI=1S/C15H16FN3O2/c1-2-21-14-4-3-10(7-12(14)16)8-19-13-5-6-18-9-11(13)15(17)20/h3-7,9H,2,8H2,1H3,(H2,17,20)(H,18,19). The molecular formula is C15H16FN3O2. The van der Waals surface area contributed by atoms with Crippen LogP contribution in [-0.2, 0) is 6.54 Å². The van der Waals surface area contributed by atoms with Crippen LogP contribution in [0.15, 0.2) is 36.7 Å². The molecular weight excluding hydrogens is 273 g/mol. The number of aromatic nitrogens is 1. The van der Waals surface area contributed by atoms with E-state index in [-0.39, 0.29) is 5.75 Å². The van der Waals surface area contributed by atoms with Crippen LogP contribution >= 0.6 is 0 Å². The maximum atomic E-state index is 13.7. The van der Waals surface area contributed by atoms with Crippen molar-refractivity contribution >= 4 is 11.6 Å². The molecule has 5 nitrogen and oxygen atoms in total. The van der Waals surface area contributed by atoms with Gasteiger partial charge in [0.2, 0.25) is 0 Å². The van der Waals surface area contributed by atoms with Crippen LogP contribution in [0, 0.1) is 5.82 Å². The molecule has 0 aliphatic heterocycles. The van der Waals surface area contributed by atoms with Gasteiger partial charge in [0.25, 0.3) is 5.91 Å². The molecule has 110 valence electrons. The molecule has 2 aromatic rings. The van der Waals surface area contributed by atoms with Crippen molar-refractivity contribution in [3.8, 4) is 5.75 Å². The zero-order valence-electron chi connectivity index (χ0n) is 11.6. The molecule has 0 unspecified atom stereocenters. The second-order valence-corrected chi connectivity index (χ2v) is 4.34. The van der Waals surface area contributed by atoms with Gasteiger partial charge >= 0.3 is 0 Å². The van der Waals surface area contributed by atoms with E-state index in [0.717, 1.165) is 5.56 Å². The van der Waals surface area contributed by atoms with Gasteiger partial charge in [-0.15, -0.1) is 0 Å². The van der Waals surface area contributed by atoms with Crippen LogP contribution in [0.5, 0.6) is 5.75 Å². The van der Waals surface area contributed by atoms with Crippen LogP contribution in [0.2, 0.25) is 0 Å². The Morgan fingerprint density at radius 1 is 1.43 bits per heavy atom. The number of rotatable bonds is 6. The maximum Gasteiger partial charge on any atom is 0.252 e. The molecule has 6 heteroatoms. The van der Waals surface area contributed by atoms with Gasteiger partial charge in [0.15, 0.2) is 11.6 Å². The molecule has 1 amide bonds. The fourth-order valence-corrected chi connectivity index (χ4v) is 1.87. The summed E-state index contributed by atoms with van der Waals surface area (Å²) in [6, 6.07) is 6.37. The topological polar surface area (TPSA) is 77.2 Å². The monoisotopic (exact) mass is 289 g/mol. The summed E-state index contributed by atoms with van der Waals surface area (Å²) in [5.74, 6) is -0.757. The molecule has 1 aromatic carbocycles. The molecule has 0 aliphatic carbocycles. The number of nitrogens with one attached hydrogen (secondary N) is 1. The molecule has 0 bridgehead atoms. The first-order chi connectivity index (χ1) is 10.1. The Bertz CT molecular complexity index is 647. The predicted molar refractivity (Wildman–Crippen MR) is 77.7 cm³/mol. The molecule has 0 saturated heterocycles. The van der Waals surface area contributed by atoms with Crippen LogP contribution in [0.1, 0.15) is 22.8 Å². The van der Waals surface area contributed by atoms with Gasteiger partial charge in [0, 0.05) is 18.9 Å². The third kappa shape index (κ3) is 3.68. The van der Waals surface area contributed by atoms with E-state index in [4.69, 9.17) is 10.5 Å². The van der Waals surface area contributed by atoms with E-state index >= 15 is 0 Å². The number of carbonyl (C=O) groups excluding carboxylic acids is 1. The van der Waals surface area contributed by atoms with Gasteiger partial charge in [-0.3, -0.25) is 9.78 Å². The number of nitrogens with zero attached hydrogens (tertiary/aromatic N) is 1. The summed E-state index contributed by atoms with van der Waals surface area (Å²) in [5.41, 5.74) is 6.85. The van der Waals surface area contributed by atoms with Gasteiger partial charge in [0.1, 0.15) is 0 Å². The highest BCUT2D eigenvalue weighted by atomic mass is 19.1. The summed E-state index contributed by atoms with van der Waals surface area (Å²) in [6.07, 6.45) is 2.94. The number of hydrogen-bond acceptors (Lipinski definition) is 4. The molecule has 0 radical (unpaired) electrons. The van der Waals surface area contributed by atoms with E-state index in [1.54, 1.807) is 31.3 Å². The normalized spacial score (nSPS) is 10.2. The van der Waals surface area contributed by atoms with Crippen LogP contribution in [-0.4, -0.2) is 17.5 Å². The number of hydrogen-bond donors (Lipinski definition) is 2. The second-order valence-electron chi connectivity index (χ2n) is 4.34. The minimum Gasteiger partial charge on any atom is -0.491 e. The van der Waals surface area contributed by atoms with Crippen molar-refractivity contribution in [3.63, 3.8) is 0 Å². The van der Waals surface area contributed by atoms with Gasteiger partial charge < -0.3 is 15.8 Å². The number of pyridine rings is 1. The Labute approximate surface area is 121 Å². The first kappa shape index (κ1) is 14.8. The van der Waals surface area contributed by atoms with Crippen LogP contribution in [0.3, 0.4) is 0 Å². The lowest BCUT2D eigenvalue weighted by atomic mass is 10.2. The van der Waals surface area contributed by atoms with E-state index in [0.29, 0.717) is 24.4 Å². The minimum absolute atomic E-state index is 0.225. The van der Waals surface area contributed by atoms with Crippen molar-refractivity contribution < 1.29 is 13.9 Å². The summed E-state index contributed by atoms with van der Waals surface area (Å²) in [5, 5.41) is 3.04. The van der Waals surface area contributed by atoms with E-state index in [2.05, 4.69) is 10.3 Å². The average Bonchev–Trinajstić information content (AvgIpc) is 2.48. The third-order valence-electron chi connectivity index (χ3n) is 2.87. The van der Waals surface area contributed by atoms with Crippen molar-refractivity contribution in [3.05, 3.63) is 53.6 Å². The van der Waals surface area contributed by atoms with Crippen LogP contribution in [0.4, 0.5) is 10.1 Å². The number of amides is 1. The lowest BCUT2D eigenvalue weighted by Gasteiger charge is -2.11. The first-order valence-corrected chi connectivity index (χ1v) is 6.50. The molecule has 0 spiro atoms. The van der Waals surface area contributed by atoms with E-state index in [9.17, 15) is 9.18 Å². The minimum atomic E-state index is -0.566. The van der Waals surface area contributed by atoms with Crippen molar-refractivity contribution in [2.75, 3.05) is 11.9 Å². The molecule has 2 rings (SSSR count). The first-order valence-electron chi connectivity index (χ1n) is 6.50. The molecule has 0 saturated carbocycles. The Balaban J connectivity index is 2.10. The Kier molecular flexibility index (Phi) is 4.71. The van der Waals surface area contributed by atoms with Gasteiger partial charge in [-0.25, -0.2) is 4.39 Å². The van der Waals surface area contributed by atoms with Gasteiger partial charge in [-0.05, 0) is 30.7 Å². The highest BCUT2D eigenvalue weighted by Crippen LogP contribution is 2.20. The molecule has 1 aromatic heterocycles. The van der Waals surface area contributed by atoms with E-state index in [1.807, 2.05) is 0 Å². The van der Waals surface area contributed by atoms with Crippen LogP contribution < -0.4 is 15.8 Å². The van der Waals surface area contributed by atoms with Crippen molar-refractivity contribution in [2.24, 2.45) is 5.73 Å². The average molecular weight is 289 g/mol. The third-order valence-corrected chi connectivity index (χ3v) is 2.87. The number of primary amides is 1. The number of ether oxygens (including phenoxy) is 1. The number of halogens is 1. The lowest BCUT2D eigenvalue weighted by molar-refractivity contribution is 0.100. The molecule has 3 N–H and O–H groups in total. The summed E-state index contributed by atoms with van der Waals surface area (Å²) in [7, 11) is 0. The smallest absolute Gasteiger partial charge is 0.252 e. The largest absolute Gasteiger partial charge is 0.491 e. The fourth-order valence-electron chi connectivity index (χ4n) is 1.87. The number of nitrogens with two attached hydrogens (primary N) is 1. The van der Waals surface area contributed by atoms with Gasteiger partial charge in [-0.1, -0.05) is 6.07 Å². The number of carbonyl (C=O) groups is 1. The zero-order valence-corrected chi connectivity index (χ0v) is 11.6. The van der Waals surface area contributed by atoms with Crippen LogP contribution in [0.25, 0.3) is 0 Å². The summed E-state index contributed by atoms with van der Waals surface area (Å²) >= 11 is 0. The zero-order chi connectivity index (χ0) is 15.2. The summed E-state index contributed by atoms with van der Waals surface area (Å²) < 4.78 is 18.9. The predicted octanol–water partition coefficient (Wildman–Crippen LogP) is 2.33. The lowest BCUT2D eigenvalue weighted by Crippen LogP contribution is -2.14. The highest BCUT2D eigenvalue weighted by molar-refractivity contribution is 5.98. The number of anilines is 1. The van der Waals surface area contributed by atoms with Crippen molar-refractivity contribution in [1.82, 2.24) is 4.98 Å². The molecule has 0 fully saturated rings. The van der Waals surface area contributed by atoms with Crippen molar-refractivity contribution in [2.45, 2.75) is 13.5 Å². The van der Waals surface area contributed by atoms with Gasteiger partial charge in [-0.2, -0.15) is 0 Å². The Morgan fingerprint density at radius 3 is 2.90 bits per heavy atom.